The molecule has 0 N–H and O–H groups in total. The van der Waals surface area contributed by atoms with Crippen LogP contribution in [0.4, 0.5) is 0 Å². The van der Waals surface area contributed by atoms with Crippen LogP contribution in [0.1, 0.15) is 19.8 Å². The van der Waals surface area contributed by atoms with Gasteiger partial charge in [0.15, 0.2) is 5.12 Å². The Morgan fingerprint density at radius 2 is 2.40 bits per heavy atom. The van der Waals surface area contributed by atoms with Gasteiger partial charge in [0.25, 0.3) is 0 Å². The molecule has 1 rings (SSSR count). The van der Waals surface area contributed by atoms with E-state index in [4.69, 9.17) is 9.47 Å². The number of hydrogen-bond donors (Lipinski definition) is 0. The summed E-state index contributed by atoms with van der Waals surface area (Å²) < 4.78 is 10.2. The summed E-state index contributed by atoms with van der Waals surface area (Å²) in [6.45, 7) is 1.53. The van der Waals surface area contributed by atoms with E-state index in [1.807, 2.05) is 0 Å². The van der Waals surface area contributed by atoms with Crippen LogP contribution < -0.4 is 0 Å². The lowest BCUT2D eigenvalue weighted by atomic mass is 10.1. The second-order valence-corrected chi connectivity index (χ2v) is 4.49. The molecule has 0 amide bonds. The summed E-state index contributed by atoms with van der Waals surface area (Å²) in [5.41, 5.74) is 0. The largest absolute Gasteiger partial charge is 0.426 e. The van der Waals surface area contributed by atoms with Crippen LogP contribution >= 0.6 is 11.8 Å². The number of ether oxygens (including phenoxy) is 2. The summed E-state index contributed by atoms with van der Waals surface area (Å²) in [6.07, 6.45) is 4.32. The normalized spacial score (nSPS) is 24.3. The van der Waals surface area contributed by atoms with Crippen LogP contribution in [0.3, 0.4) is 0 Å². The lowest BCUT2D eigenvalue weighted by Crippen LogP contribution is -2.30. The lowest BCUT2D eigenvalue weighted by molar-refractivity contribution is -0.190. The molecular formula is C10H14O4S. The number of carbonyl (C=O) groups is 2. The maximum atomic E-state index is 10.9. The van der Waals surface area contributed by atoms with Crippen molar-refractivity contribution in [2.24, 2.45) is 0 Å². The molecule has 0 spiro atoms. The SMILES string of the molecule is COC1(CCCSC(C)=O)C=CC(=O)O1. The molecule has 1 unspecified atom stereocenters. The number of hydrogen-bond acceptors (Lipinski definition) is 5. The van der Waals surface area contributed by atoms with Gasteiger partial charge in [0.2, 0.25) is 5.79 Å². The van der Waals surface area contributed by atoms with Gasteiger partial charge >= 0.3 is 5.97 Å². The molecule has 0 radical (unpaired) electrons. The van der Waals surface area contributed by atoms with Gasteiger partial charge in [-0.25, -0.2) is 4.79 Å². The molecule has 15 heavy (non-hydrogen) atoms. The highest BCUT2D eigenvalue weighted by Gasteiger charge is 2.34. The van der Waals surface area contributed by atoms with Gasteiger partial charge in [0.05, 0.1) is 0 Å². The Balaban J connectivity index is 2.32. The average Bonchev–Trinajstić information content (AvgIpc) is 2.56. The molecule has 0 aromatic heterocycles. The molecule has 0 saturated heterocycles. The molecule has 84 valence electrons. The zero-order valence-corrected chi connectivity index (χ0v) is 9.63. The van der Waals surface area contributed by atoms with Crippen LogP contribution in [0.25, 0.3) is 0 Å². The molecule has 0 fully saturated rings. The molecule has 0 aromatic rings. The Kier molecular flexibility index (Phi) is 4.35. The molecule has 1 heterocycles. The second-order valence-electron chi connectivity index (χ2n) is 3.21. The van der Waals surface area contributed by atoms with E-state index < -0.39 is 5.79 Å². The third-order valence-electron chi connectivity index (χ3n) is 2.07. The van der Waals surface area contributed by atoms with Crippen LogP contribution in [0.15, 0.2) is 12.2 Å². The first-order valence-electron chi connectivity index (χ1n) is 4.69. The van der Waals surface area contributed by atoms with Crippen molar-refractivity contribution in [1.82, 2.24) is 0 Å². The molecule has 0 bridgehead atoms. The highest BCUT2D eigenvalue weighted by molar-refractivity contribution is 8.13. The highest BCUT2D eigenvalue weighted by atomic mass is 32.2. The number of thioether (sulfide) groups is 1. The molecule has 5 heteroatoms. The molecule has 1 aliphatic rings. The number of rotatable bonds is 5. The summed E-state index contributed by atoms with van der Waals surface area (Å²) in [5, 5.41) is 0.0976. The van der Waals surface area contributed by atoms with Crippen molar-refractivity contribution in [2.45, 2.75) is 25.6 Å². The van der Waals surface area contributed by atoms with E-state index in [0.29, 0.717) is 12.2 Å². The number of methoxy groups -OCH3 is 1. The van der Waals surface area contributed by atoms with Gasteiger partial charge in [-0.2, -0.15) is 0 Å². The van der Waals surface area contributed by atoms with Crippen LogP contribution in [0.2, 0.25) is 0 Å². The fraction of sp³-hybridized carbons (Fsp3) is 0.600. The van der Waals surface area contributed by atoms with Gasteiger partial charge in [-0.1, -0.05) is 11.8 Å². The van der Waals surface area contributed by atoms with Crippen LogP contribution in [0.5, 0.6) is 0 Å². The number of esters is 1. The van der Waals surface area contributed by atoms with Crippen molar-refractivity contribution in [3.63, 3.8) is 0 Å². The van der Waals surface area contributed by atoms with E-state index in [1.54, 1.807) is 6.08 Å². The van der Waals surface area contributed by atoms with Gasteiger partial charge < -0.3 is 9.47 Å². The molecule has 0 aliphatic carbocycles. The second kappa shape index (κ2) is 5.32. The summed E-state index contributed by atoms with van der Waals surface area (Å²) in [4.78, 5) is 21.6. The average molecular weight is 230 g/mol. The highest BCUT2D eigenvalue weighted by Crippen LogP contribution is 2.26. The maximum Gasteiger partial charge on any atom is 0.333 e. The van der Waals surface area contributed by atoms with Crippen molar-refractivity contribution in [3.05, 3.63) is 12.2 Å². The van der Waals surface area contributed by atoms with E-state index in [2.05, 4.69) is 0 Å². The Labute approximate surface area is 93.0 Å². The van der Waals surface area contributed by atoms with E-state index in [-0.39, 0.29) is 11.1 Å². The number of carbonyl (C=O) groups excluding carboxylic acids is 2. The monoisotopic (exact) mass is 230 g/mol. The molecule has 1 aliphatic heterocycles. The predicted octanol–water partition coefficient (Wildman–Crippen LogP) is 1.50. The molecule has 0 saturated carbocycles. The Morgan fingerprint density at radius 3 is 2.87 bits per heavy atom. The summed E-state index contributed by atoms with van der Waals surface area (Å²) in [6, 6.07) is 0. The predicted molar refractivity (Wildman–Crippen MR) is 57.3 cm³/mol. The zero-order chi connectivity index (χ0) is 11.3. The first-order chi connectivity index (χ1) is 7.08. The van der Waals surface area contributed by atoms with E-state index in [0.717, 1.165) is 6.42 Å². The molecule has 1 atom stereocenters. The molecule has 0 aromatic carbocycles. The summed E-state index contributed by atoms with van der Waals surface area (Å²) >= 11 is 1.27. The van der Waals surface area contributed by atoms with E-state index >= 15 is 0 Å². The maximum absolute atomic E-state index is 10.9. The third-order valence-corrected chi connectivity index (χ3v) is 2.97. The first kappa shape index (κ1) is 12.3. The Bertz CT molecular complexity index is 287. The smallest absolute Gasteiger partial charge is 0.333 e. The Morgan fingerprint density at radius 1 is 1.67 bits per heavy atom. The third kappa shape index (κ3) is 3.68. The lowest BCUT2D eigenvalue weighted by Gasteiger charge is -2.24. The van der Waals surface area contributed by atoms with Gasteiger partial charge in [0, 0.05) is 32.3 Å². The molecule has 4 nitrogen and oxygen atoms in total. The van der Waals surface area contributed by atoms with Gasteiger partial charge in [-0.15, -0.1) is 0 Å². The van der Waals surface area contributed by atoms with Crippen molar-refractivity contribution in [2.75, 3.05) is 12.9 Å². The van der Waals surface area contributed by atoms with Gasteiger partial charge in [-0.05, 0) is 12.5 Å². The minimum atomic E-state index is -0.908. The topological polar surface area (TPSA) is 52.6 Å². The van der Waals surface area contributed by atoms with Crippen molar-refractivity contribution < 1.29 is 19.1 Å². The zero-order valence-electron chi connectivity index (χ0n) is 8.82. The first-order valence-corrected chi connectivity index (χ1v) is 5.67. The summed E-state index contributed by atoms with van der Waals surface area (Å²) in [5.74, 6) is -0.573. The minimum absolute atomic E-state index is 0.0976. The quantitative estimate of drug-likeness (QED) is 0.529. The van der Waals surface area contributed by atoms with Gasteiger partial charge in [0.1, 0.15) is 0 Å². The standard InChI is InChI=1S/C10H14O4S/c1-8(11)15-7-3-5-10(13-2)6-4-9(12)14-10/h4,6H,3,5,7H2,1-2H3. The van der Waals surface area contributed by atoms with Crippen LogP contribution in [-0.4, -0.2) is 29.7 Å². The van der Waals surface area contributed by atoms with Crippen LogP contribution in [-0.2, 0) is 19.1 Å². The van der Waals surface area contributed by atoms with Gasteiger partial charge in [-0.3, -0.25) is 4.79 Å². The number of cyclic esters (lactones) is 1. The minimum Gasteiger partial charge on any atom is -0.426 e. The van der Waals surface area contributed by atoms with E-state index in [9.17, 15) is 9.59 Å². The van der Waals surface area contributed by atoms with E-state index in [1.165, 1.54) is 31.9 Å². The van der Waals surface area contributed by atoms with Crippen molar-refractivity contribution in [3.8, 4) is 0 Å². The van der Waals surface area contributed by atoms with Crippen molar-refractivity contribution in [1.29, 1.82) is 0 Å². The fourth-order valence-corrected chi connectivity index (χ4v) is 1.89. The van der Waals surface area contributed by atoms with Crippen LogP contribution in [0, 0.1) is 0 Å². The van der Waals surface area contributed by atoms with Crippen molar-refractivity contribution >= 4 is 22.8 Å². The fourth-order valence-electron chi connectivity index (χ4n) is 1.31. The Hall–Kier alpha value is -0.810. The summed E-state index contributed by atoms with van der Waals surface area (Å²) in [7, 11) is 1.50. The molecular weight excluding hydrogens is 216 g/mol.